The summed E-state index contributed by atoms with van der Waals surface area (Å²) in [5.74, 6) is -3.90. The molecule has 6 heterocycles. The molecule has 10 aromatic rings. The number of amides is 4. The Morgan fingerprint density at radius 2 is 0.690 bits per heavy atom. The normalized spacial score (nSPS) is 28.7. The molecule has 13 aliphatic rings. The zero-order valence-corrected chi connectivity index (χ0v) is 81.4. The molecule has 10 aromatic carbocycles. The molecule has 23 rings (SSSR count). The minimum atomic E-state index is -2.76. The number of alkyl halides is 13. The van der Waals surface area contributed by atoms with E-state index in [2.05, 4.69) is 105 Å². The number of carbonyl (C=O) groups is 4. The third-order valence-electron chi connectivity index (χ3n) is 27.4. The van der Waals surface area contributed by atoms with E-state index in [1.807, 2.05) is 24.3 Å². The molecule has 0 radical (unpaired) electrons. The Bertz CT molecular complexity index is 5990. The Morgan fingerprint density at radius 1 is 0.386 bits per heavy atom. The largest absolute Gasteiger partial charge is 0.461 e. The second-order valence-electron chi connectivity index (χ2n) is 36.9. The molecule has 21 atom stereocenters. The first-order valence-electron chi connectivity index (χ1n) is 46.3. The van der Waals surface area contributed by atoms with Crippen molar-refractivity contribution in [2.75, 3.05) is 17.2 Å². The summed E-state index contributed by atoms with van der Waals surface area (Å²) in [6.45, 7) is 1.60. The molecule has 0 aromatic heterocycles. The van der Waals surface area contributed by atoms with Crippen molar-refractivity contribution in [1.82, 2.24) is 26.7 Å². The second-order valence-corrected chi connectivity index (χ2v) is 39.6. The van der Waals surface area contributed by atoms with Crippen LogP contribution in [-0.2, 0) is 61.9 Å². The van der Waals surface area contributed by atoms with E-state index >= 15 is 0 Å². The van der Waals surface area contributed by atoms with Crippen LogP contribution in [0.5, 0.6) is 0 Å². The standard InChI is InChI=1S/C19H15BrF2N2O2.3C19H17F2N3O2.C12H13BrFNO.C11H12BrF2NO.C5H5F2NO/c20-13-8-4-7-12(9-13)19(17(21)22)14-10-15(14)26-18(24-19)23-16(25)11-5-2-1-3-6-11;3*20-17(21)19(12-7-4-8-13(22)9-12)14-10-15(14)26-18(24-19)23-16(25)11-5-2-1-3-6-11;1-7(14)12(10-6-11(10)16-15-12)8-3-2-4-9(13)5-8;12-7-3-1-2-6(4-7)11(15,10(13)14)8-5-9(8)16;6-5(7)4-2-1-3(2)9-8-4/h1-9,14-15,17H,10H2,(H,23,24,25);3*1-9,14-15,17H,10,22H2,(H,23,24,25);2-5,7,10-11,15H,6H2,1H3;1-4,8-10,16H,5,15H2;2-3,5H,1H2/t4*14-,15+,19+;7?,10-,11+,12+;8-,9+,11+;/m010000./s1. The fourth-order valence-electron chi connectivity index (χ4n) is 19.2. The summed E-state index contributed by atoms with van der Waals surface area (Å²) in [5, 5.41) is 22.6. The van der Waals surface area contributed by atoms with E-state index in [1.165, 1.54) is 18.2 Å². The molecule has 6 aliphatic heterocycles. The Hall–Kier alpha value is -12.8. The molecular formula is C104H96Br3F13N14O11. The number of hydrogen-bond acceptors (Lipinski definition) is 21. The van der Waals surface area contributed by atoms with Crippen molar-refractivity contribution in [2.24, 2.45) is 72.3 Å². The number of nitrogen functional groups attached to an aromatic ring is 3. The minimum Gasteiger partial charge on any atom is -0.461 e. The zero-order chi connectivity index (χ0) is 103. The number of ether oxygens (including phenoxy) is 4. The number of carbonyl (C=O) groups excluding carboxylic acids is 4. The van der Waals surface area contributed by atoms with Crippen molar-refractivity contribution < 1.29 is 110 Å². The van der Waals surface area contributed by atoms with Gasteiger partial charge in [0, 0.05) is 94.2 Å². The van der Waals surface area contributed by atoms with Crippen LogP contribution >= 0.6 is 47.8 Å². The van der Waals surface area contributed by atoms with Crippen LogP contribution in [0.3, 0.4) is 0 Å². The number of oxime groups is 1. The molecule has 7 saturated carbocycles. The Labute approximate surface area is 847 Å². The summed E-state index contributed by atoms with van der Waals surface area (Å²) in [6.07, 6.45) is -15.3. The highest BCUT2D eigenvalue weighted by atomic mass is 79.9. The maximum absolute atomic E-state index is 14.2. The third kappa shape index (κ3) is 21.9. The molecule has 1 saturated heterocycles. The lowest BCUT2D eigenvalue weighted by atomic mass is 9.82. The number of fused-ring (bicyclic) bond motifs is 6. The maximum atomic E-state index is 14.2. The summed E-state index contributed by atoms with van der Waals surface area (Å²) in [7, 11) is 0. The molecule has 25 nitrogen and oxygen atoms in total. The van der Waals surface area contributed by atoms with Gasteiger partial charge in [0.1, 0.15) is 53.5 Å². The summed E-state index contributed by atoms with van der Waals surface area (Å²) in [6, 6.07) is 73.3. The van der Waals surface area contributed by atoms with Crippen LogP contribution in [0, 0.1) is 41.4 Å². The summed E-state index contributed by atoms with van der Waals surface area (Å²) in [4.78, 5) is 76.0. The first kappa shape index (κ1) is 104. The van der Waals surface area contributed by atoms with Crippen LogP contribution in [0.4, 0.5) is 74.1 Å². The van der Waals surface area contributed by atoms with E-state index in [-0.39, 0.29) is 59.9 Å². The highest BCUT2D eigenvalue weighted by Gasteiger charge is 2.69. The van der Waals surface area contributed by atoms with Gasteiger partial charge in [-0.1, -0.05) is 199 Å². The van der Waals surface area contributed by atoms with E-state index in [1.54, 1.807) is 231 Å². The van der Waals surface area contributed by atoms with Crippen LogP contribution in [0.1, 0.15) is 127 Å². The van der Waals surface area contributed by atoms with Gasteiger partial charge in [0.25, 0.3) is 86.3 Å². The van der Waals surface area contributed by atoms with Gasteiger partial charge in [-0.25, -0.2) is 77.0 Å². The number of nitrogens with one attached hydrogen (secondary N) is 5. The number of benzene rings is 10. The topological polar surface area (TPSA) is 370 Å². The molecule has 760 valence electrons. The Kier molecular flexibility index (Phi) is 30.5. The van der Waals surface area contributed by atoms with Crippen molar-refractivity contribution >= 4 is 118 Å². The highest BCUT2D eigenvalue weighted by Crippen LogP contribution is 2.62. The summed E-state index contributed by atoms with van der Waals surface area (Å²) >= 11 is 9.98. The quantitative estimate of drug-likeness (QED) is 0.0282. The van der Waals surface area contributed by atoms with Crippen molar-refractivity contribution in [3.63, 3.8) is 0 Å². The molecule has 4 amide bonds. The van der Waals surface area contributed by atoms with Crippen molar-refractivity contribution in [3.05, 3.63) is 336 Å². The van der Waals surface area contributed by atoms with Gasteiger partial charge in [-0.15, -0.1) is 0 Å². The molecule has 41 heteroatoms. The van der Waals surface area contributed by atoms with Crippen LogP contribution < -0.4 is 49.7 Å². The van der Waals surface area contributed by atoms with Crippen LogP contribution in [-0.4, -0.2) is 146 Å². The third-order valence-corrected chi connectivity index (χ3v) is 28.9. The average Bonchev–Trinajstić information content (AvgIpc) is 1.57. The van der Waals surface area contributed by atoms with Crippen LogP contribution in [0.25, 0.3) is 0 Å². The number of hydrogen-bond donors (Lipinski definition) is 10. The lowest BCUT2D eigenvalue weighted by Crippen LogP contribution is -2.47. The number of aliphatic imine (C=N–C) groups is 4. The Balaban J connectivity index is 0.000000118. The van der Waals surface area contributed by atoms with Gasteiger partial charge in [0.15, 0.2) is 22.2 Å². The molecule has 3 unspecified atom stereocenters. The average molecular weight is 2200 g/mol. The van der Waals surface area contributed by atoms with Crippen molar-refractivity contribution in [1.29, 1.82) is 0 Å². The van der Waals surface area contributed by atoms with Gasteiger partial charge in [-0.3, -0.25) is 45.3 Å². The fourth-order valence-corrected chi connectivity index (χ4v) is 20.4. The summed E-state index contributed by atoms with van der Waals surface area (Å²) < 4.78 is 202. The van der Waals surface area contributed by atoms with Gasteiger partial charge >= 0.3 is 0 Å². The number of nitrogens with zero attached hydrogens (tertiary/aromatic N) is 5. The molecule has 145 heavy (non-hydrogen) atoms. The van der Waals surface area contributed by atoms with E-state index in [0.29, 0.717) is 108 Å². The SMILES string of the molecule is CC(F)[C@]1(c2cccc(Br)c2)NO[C@@H]2C[C@@H]21.FC(F)C1=NOC2CC12.N[C@@](c1cccc(Br)c1)(C(F)F)[C@H]1C[C@H]1O.Nc1cccc([C@@]2(C(F)F)N=C(NC(=O)c3ccccc3)O[C@@H]3C[C@@H]32)c1.Nc1cccc([C@@]2(C(F)F)N=C(NC(=O)c3ccccc3)O[C@@H]3C[C@@H]32)c1.Nc1cccc([C@]2(C(F)F)N=C(NC(=O)c3ccccc3)O[C@H]3C[C@H]32)c1.O=C(NC1=N[C@@](c2cccc(Br)c2)(C(F)F)[C@H]2C[C@H]2O1)c1ccccc1. The van der Waals surface area contributed by atoms with Crippen molar-refractivity contribution in [3.8, 4) is 0 Å². The molecule has 7 aliphatic carbocycles. The maximum Gasteiger partial charge on any atom is 0.293 e. The number of rotatable bonds is 18. The number of anilines is 3. The molecule has 0 spiro atoms. The number of hydroxylamine groups is 1. The predicted octanol–water partition coefficient (Wildman–Crippen LogP) is 19.1. The molecular weight excluding hydrogens is 2110 g/mol. The second kappa shape index (κ2) is 42.7. The number of aliphatic hydroxyl groups excluding tert-OH is 1. The summed E-state index contributed by atoms with van der Waals surface area (Å²) in [5.41, 5.74) is 22.0. The minimum absolute atomic E-state index is 0.00556. The smallest absolute Gasteiger partial charge is 0.293 e. The monoisotopic (exact) mass is 2200 g/mol. The van der Waals surface area contributed by atoms with Crippen LogP contribution in [0.2, 0.25) is 0 Å². The fraction of sp³-hybridized carbons (Fsp3) is 0.337. The van der Waals surface area contributed by atoms with E-state index in [9.17, 15) is 81.4 Å². The predicted molar refractivity (Wildman–Crippen MR) is 524 cm³/mol. The van der Waals surface area contributed by atoms with Gasteiger partial charge in [-0.05, 0) is 207 Å². The van der Waals surface area contributed by atoms with Gasteiger partial charge < -0.3 is 51.8 Å². The number of halogens is 16. The number of nitrogens with two attached hydrogens (primary N) is 4. The zero-order valence-electron chi connectivity index (χ0n) is 76.6. The van der Waals surface area contributed by atoms with E-state index in [0.717, 1.165) is 22.9 Å². The molecule has 14 N–H and O–H groups in total. The lowest BCUT2D eigenvalue weighted by Gasteiger charge is -2.33. The van der Waals surface area contributed by atoms with Crippen molar-refractivity contribution in [2.45, 2.75) is 173 Å². The van der Waals surface area contributed by atoms with Gasteiger partial charge in [-0.2, -0.15) is 5.48 Å². The number of amidine groups is 4. The first-order chi connectivity index (χ1) is 69.4. The van der Waals surface area contributed by atoms with Crippen LogP contribution in [0.15, 0.2) is 305 Å². The van der Waals surface area contributed by atoms with E-state index < -0.39 is 156 Å². The first-order valence-corrected chi connectivity index (χ1v) is 48.6. The van der Waals surface area contributed by atoms with E-state index in [4.69, 9.17) is 46.7 Å². The van der Waals surface area contributed by atoms with Gasteiger partial charge in [0.05, 0.1) is 12.2 Å². The Morgan fingerprint density at radius 3 is 0.938 bits per heavy atom. The lowest BCUT2D eigenvalue weighted by molar-refractivity contribution is -0.00999. The highest BCUT2D eigenvalue weighted by molar-refractivity contribution is 9.11. The molecule has 0 bridgehead atoms. The number of aliphatic hydroxyl groups is 1. The van der Waals surface area contributed by atoms with Gasteiger partial charge in [0.2, 0.25) is 0 Å². The molecule has 8 fully saturated rings.